The highest BCUT2D eigenvalue weighted by molar-refractivity contribution is 7.19. The van der Waals surface area contributed by atoms with Gasteiger partial charge in [0, 0.05) is 0 Å². The Balaban J connectivity index is 1.48. The quantitative estimate of drug-likeness (QED) is 0.392. The second-order valence-electron chi connectivity index (χ2n) is 6.18. The Labute approximate surface area is 166 Å². The summed E-state index contributed by atoms with van der Waals surface area (Å²) in [6.45, 7) is 0.345. The summed E-state index contributed by atoms with van der Waals surface area (Å²) in [4.78, 5) is 4.61. The zero-order valence-electron chi connectivity index (χ0n) is 15.3. The van der Waals surface area contributed by atoms with Crippen LogP contribution in [0.25, 0.3) is 22.4 Å². The van der Waals surface area contributed by atoms with E-state index < -0.39 is 0 Å². The second-order valence-corrected chi connectivity index (χ2v) is 7.24. The van der Waals surface area contributed by atoms with Crippen LogP contribution in [0.2, 0.25) is 0 Å². The molecule has 28 heavy (non-hydrogen) atoms. The van der Waals surface area contributed by atoms with Gasteiger partial charge in [0.2, 0.25) is 0 Å². The van der Waals surface area contributed by atoms with Gasteiger partial charge in [-0.05, 0) is 53.6 Å². The highest BCUT2D eigenvalue weighted by atomic mass is 32.1. The van der Waals surface area contributed by atoms with Crippen LogP contribution in [0, 0.1) is 5.82 Å². The summed E-state index contributed by atoms with van der Waals surface area (Å²) in [6.07, 6.45) is 4.00. The molecule has 0 aliphatic rings. The van der Waals surface area contributed by atoms with Gasteiger partial charge in [0.15, 0.2) is 11.5 Å². The van der Waals surface area contributed by atoms with Gasteiger partial charge in [-0.25, -0.2) is 9.37 Å². The molecule has 0 saturated carbocycles. The third-order valence-electron chi connectivity index (χ3n) is 4.22. The first-order valence-corrected chi connectivity index (χ1v) is 9.62. The van der Waals surface area contributed by atoms with E-state index in [0.29, 0.717) is 18.1 Å². The zero-order chi connectivity index (χ0) is 19.3. The number of rotatable bonds is 6. The van der Waals surface area contributed by atoms with Gasteiger partial charge in [-0.1, -0.05) is 36.4 Å². The number of thiazole rings is 1. The number of benzene rings is 3. The second kappa shape index (κ2) is 8.23. The average Bonchev–Trinajstić information content (AvgIpc) is 3.15. The number of aromatic nitrogens is 1. The molecule has 4 aromatic rings. The molecule has 0 N–H and O–H groups in total. The number of methoxy groups -OCH3 is 1. The van der Waals surface area contributed by atoms with E-state index in [4.69, 9.17) is 9.47 Å². The molecule has 4 rings (SSSR count). The fourth-order valence-corrected chi connectivity index (χ4v) is 3.65. The van der Waals surface area contributed by atoms with E-state index >= 15 is 0 Å². The molecule has 0 unspecified atom stereocenters. The van der Waals surface area contributed by atoms with Gasteiger partial charge in [-0.2, -0.15) is 0 Å². The van der Waals surface area contributed by atoms with Crippen LogP contribution in [-0.2, 0) is 6.61 Å². The minimum atomic E-state index is -0.259. The minimum Gasteiger partial charge on any atom is -0.493 e. The van der Waals surface area contributed by atoms with Crippen molar-refractivity contribution in [2.45, 2.75) is 6.61 Å². The number of halogens is 1. The molecular formula is C23H18FNO2S. The molecule has 0 aliphatic heterocycles. The fraction of sp³-hybridized carbons (Fsp3) is 0.0870. The summed E-state index contributed by atoms with van der Waals surface area (Å²) >= 11 is 1.66. The lowest BCUT2D eigenvalue weighted by molar-refractivity contribution is 0.284. The van der Waals surface area contributed by atoms with Crippen LogP contribution < -0.4 is 9.47 Å². The van der Waals surface area contributed by atoms with Crippen LogP contribution in [-0.4, -0.2) is 12.1 Å². The van der Waals surface area contributed by atoms with E-state index in [2.05, 4.69) is 11.1 Å². The lowest BCUT2D eigenvalue weighted by atomic mass is 10.2. The van der Waals surface area contributed by atoms with Crippen LogP contribution in [0.1, 0.15) is 16.1 Å². The molecule has 0 spiro atoms. The summed E-state index contributed by atoms with van der Waals surface area (Å²) in [5.41, 5.74) is 2.89. The van der Waals surface area contributed by atoms with Crippen LogP contribution in [0.5, 0.6) is 11.5 Å². The smallest absolute Gasteiger partial charge is 0.161 e. The first-order valence-electron chi connectivity index (χ1n) is 8.80. The number of hydrogen-bond acceptors (Lipinski definition) is 4. The molecule has 0 amide bonds. The van der Waals surface area contributed by atoms with Crippen molar-refractivity contribution in [3.63, 3.8) is 0 Å². The lowest BCUT2D eigenvalue weighted by Gasteiger charge is -2.11. The zero-order valence-corrected chi connectivity index (χ0v) is 16.1. The van der Waals surface area contributed by atoms with Crippen LogP contribution in [0.15, 0.2) is 66.7 Å². The number of fused-ring (bicyclic) bond motifs is 1. The van der Waals surface area contributed by atoms with E-state index in [9.17, 15) is 4.39 Å². The van der Waals surface area contributed by atoms with Crippen molar-refractivity contribution in [3.8, 4) is 11.5 Å². The maximum Gasteiger partial charge on any atom is 0.161 e. The average molecular weight is 391 g/mol. The SMILES string of the molecule is COc1cc(C=Cc2nc3ccccc3s2)ccc1OCc1ccc(F)cc1. The summed E-state index contributed by atoms with van der Waals surface area (Å²) in [7, 11) is 1.61. The van der Waals surface area contributed by atoms with Gasteiger partial charge < -0.3 is 9.47 Å². The third kappa shape index (κ3) is 4.21. The maximum absolute atomic E-state index is 13.0. The van der Waals surface area contributed by atoms with Gasteiger partial charge in [0.05, 0.1) is 17.3 Å². The Morgan fingerprint density at radius 1 is 0.964 bits per heavy atom. The maximum atomic E-state index is 13.0. The molecule has 0 saturated heterocycles. The Bertz CT molecular complexity index is 1090. The first-order chi connectivity index (χ1) is 13.7. The van der Waals surface area contributed by atoms with E-state index in [1.807, 2.05) is 48.6 Å². The van der Waals surface area contributed by atoms with Crippen molar-refractivity contribution in [1.29, 1.82) is 0 Å². The molecule has 140 valence electrons. The van der Waals surface area contributed by atoms with Gasteiger partial charge >= 0.3 is 0 Å². The van der Waals surface area contributed by atoms with Gasteiger partial charge in [-0.3, -0.25) is 0 Å². The molecule has 3 aromatic carbocycles. The van der Waals surface area contributed by atoms with Crippen molar-refractivity contribution in [2.24, 2.45) is 0 Å². The molecular weight excluding hydrogens is 373 g/mol. The predicted octanol–water partition coefficient (Wildman–Crippen LogP) is 6.19. The molecule has 0 bridgehead atoms. The Morgan fingerprint density at radius 3 is 2.57 bits per heavy atom. The summed E-state index contributed by atoms with van der Waals surface area (Å²) in [5, 5.41) is 0.955. The largest absolute Gasteiger partial charge is 0.493 e. The normalized spacial score (nSPS) is 11.2. The van der Waals surface area contributed by atoms with Crippen LogP contribution >= 0.6 is 11.3 Å². The standard InChI is InChI=1S/C23H18FNO2S/c1-26-21-14-16(9-13-23-25-19-4-2-3-5-22(19)28-23)8-12-20(21)27-15-17-6-10-18(24)11-7-17/h2-14H,15H2,1H3. The van der Waals surface area contributed by atoms with Crippen LogP contribution in [0.4, 0.5) is 4.39 Å². The van der Waals surface area contributed by atoms with Crippen molar-refractivity contribution in [2.75, 3.05) is 7.11 Å². The first kappa shape index (κ1) is 18.2. The highest BCUT2D eigenvalue weighted by Crippen LogP contribution is 2.30. The molecule has 0 fully saturated rings. The summed E-state index contributed by atoms with van der Waals surface area (Å²) in [6, 6.07) is 20.1. The van der Waals surface area contributed by atoms with E-state index in [1.54, 1.807) is 30.6 Å². The van der Waals surface area contributed by atoms with Crippen LogP contribution in [0.3, 0.4) is 0 Å². The molecule has 0 aliphatic carbocycles. The number of nitrogens with zero attached hydrogens (tertiary/aromatic N) is 1. The van der Waals surface area contributed by atoms with Gasteiger partial charge in [-0.15, -0.1) is 11.3 Å². The molecule has 1 aromatic heterocycles. The van der Waals surface area contributed by atoms with E-state index in [0.717, 1.165) is 21.7 Å². The predicted molar refractivity (Wildman–Crippen MR) is 112 cm³/mol. The van der Waals surface area contributed by atoms with E-state index in [-0.39, 0.29) is 5.82 Å². The van der Waals surface area contributed by atoms with Crippen molar-refractivity contribution >= 4 is 33.7 Å². The van der Waals surface area contributed by atoms with Crippen molar-refractivity contribution < 1.29 is 13.9 Å². The lowest BCUT2D eigenvalue weighted by Crippen LogP contribution is -1.98. The number of ether oxygens (including phenoxy) is 2. The Kier molecular flexibility index (Phi) is 5.35. The van der Waals surface area contributed by atoms with Gasteiger partial charge in [0.25, 0.3) is 0 Å². The van der Waals surface area contributed by atoms with Crippen molar-refractivity contribution in [3.05, 3.63) is 88.7 Å². The van der Waals surface area contributed by atoms with E-state index in [1.165, 1.54) is 16.8 Å². The monoisotopic (exact) mass is 391 g/mol. The fourth-order valence-electron chi connectivity index (χ4n) is 2.78. The molecule has 0 atom stereocenters. The highest BCUT2D eigenvalue weighted by Gasteiger charge is 2.06. The topological polar surface area (TPSA) is 31.4 Å². The Morgan fingerprint density at radius 2 is 1.79 bits per heavy atom. The molecule has 0 radical (unpaired) electrons. The van der Waals surface area contributed by atoms with Crippen molar-refractivity contribution in [1.82, 2.24) is 4.98 Å². The van der Waals surface area contributed by atoms with Gasteiger partial charge in [0.1, 0.15) is 17.4 Å². The molecule has 1 heterocycles. The summed E-state index contributed by atoms with van der Waals surface area (Å²) < 4.78 is 25.5. The molecule has 3 nitrogen and oxygen atoms in total. The number of para-hydroxylation sites is 1. The molecule has 5 heteroatoms. The Hall–Kier alpha value is -3.18. The minimum absolute atomic E-state index is 0.259. The number of hydrogen-bond donors (Lipinski definition) is 0. The summed E-state index contributed by atoms with van der Waals surface area (Å²) in [5.74, 6) is 1.03. The third-order valence-corrected chi connectivity index (χ3v) is 5.23.